The summed E-state index contributed by atoms with van der Waals surface area (Å²) in [6.45, 7) is 0.364. The van der Waals surface area contributed by atoms with Crippen LogP contribution in [0.5, 0.6) is 0 Å². The zero-order valence-electron chi connectivity index (χ0n) is 13.8. The van der Waals surface area contributed by atoms with Gasteiger partial charge in [-0.1, -0.05) is 18.2 Å². The molecule has 0 radical (unpaired) electrons. The maximum Gasteiger partial charge on any atom is 0.293 e. The van der Waals surface area contributed by atoms with Gasteiger partial charge in [-0.15, -0.1) is 0 Å². The second kappa shape index (κ2) is 8.32. The Morgan fingerprint density at radius 3 is 2.78 bits per heavy atom. The van der Waals surface area contributed by atoms with Gasteiger partial charge in [-0.3, -0.25) is 24.6 Å². The maximum absolute atomic E-state index is 12.2. The molecule has 0 atom stereocenters. The lowest BCUT2D eigenvalue weighted by molar-refractivity contribution is -0.384. The summed E-state index contributed by atoms with van der Waals surface area (Å²) in [5.74, 6) is -0.468. The molecule has 0 aliphatic carbocycles. The van der Waals surface area contributed by atoms with Crippen LogP contribution in [-0.4, -0.2) is 31.8 Å². The third-order valence-electron chi connectivity index (χ3n) is 3.49. The van der Waals surface area contributed by atoms with Crippen LogP contribution in [0.15, 0.2) is 64.6 Å². The second-order valence-electron chi connectivity index (χ2n) is 5.43. The maximum atomic E-state index is 12.2. The molecule has 1 aromatic carbocycles. The zero-order valence-corrected chi connectivity index (χ0v) is 15.4. The number of aromatic nitrogens is 3. The van der Waals surface area contributed by atoms with Crippen LogP contribution in [0.25, 0.3) is 0 Å². The van der Waals surface area contributed by atoms with E-state index in [4.69, 9.17) is 0 Å². The predicted molar refractivity (Wildman–Crippen MR) is 101 cm³/mol. The van der Waals surface area contributed by atoms with Gasteiger partial charge in [-0.2, -0.15) is 10.2 Å². The molecule has 0 spiro atoms. The van der Waals surface area contributed by atoms with E-state index in [1.165, 1.54) is 18.3 Å². The van der Waals surface area contributed by atoms with E-state index in [9.17, 15) is 14.9 Å². The van der Waals surface area contributed by atoms with Crippen LogP contribution in [0.4, 0.5) is 5.69 Å². The molecule has 0 fully saturated rings. The number of hydrogen-bond acceptors (Lipinski definition) is 6. The lowest BCUT2D eigenvalue weighted by Crippen LogP contribution is -2.19. The summed E-state index contributed by atoms with van der Waals surface area (Å²) in [6, 6.07) is 9.71. The summed E-state index contributed by atoms with van der Waals surface area (Å²) < 4.78 is 2.07. The highest BCUT2D eigenvalue weighted by molar-refractivity contribution is 9.10. The van der Waals surface area contributed by atoms with Gasteiger partial charge in [0.1, 0.15) is 0 Å². The van der Waals surface area contributed by atoms with E-state index in [0.717, 1.165) is 11.1 Å². The van der Waals surface area contributed by atoms with Crippen molar-refractivity contribution in [3.63, 3.8) is 0 Å². The van der Waals surface area contributed by atoms with Crippen LogP contribution in [-0.2, 0) is 6.54 Å². The summed E-state index contributed by atoms with van der Waals surface area (Å²) in [5, 5.41) is 18.8. The average molecular weight is 429 g/mol. The zero-order chi connectivity index (χ0) is 19.2. The van der Waals surface area contributed by atoms with Gasteiger partial charge in [0, 0.05) is 36.3 Å². The molecule has 136 valence electrons. The molecule has 0 saturated carbocycles. The topological polar surface area (TPSA) is 115 Å². The molecule has 1 N–H and O–H groups in total. The van der Waals surface area contributed by atoms with Gasteiger partial charge < -0.3 is 0 Å². The van der Waals surface area contributed by atoms with E-state index in [-0.39, 0.29) is 11.4 Å². The van der Waals surface area contributed by atoms with E-state index >= 15 is 0 Å². The standard InChI is InChI=1S/C17H13BrN6O3/c18-15-11-23(10-12-3-5-14(6-4-12)24(26)27)22-16(15)17(25)21-20-9-13-2-1-7-19-8-13/h1-9,11H,10H2,(H,21,25)/b20-9+. The minimum Gasteiger partial charge on any atom is -0.266 e. The van der Waals surface area contributed by atoms with Gasteiger partial charge in [0.15, 0.2) is 5.69 Å². The summed E-state index contributed by atoms with van der Waals surface area (Å²) in [5.41, 5.74) is 4.18. The van der Waals surface area contributed by atoms with Crippen LogP contribution in [0, 0.1) is 10.1 Å². The van der Waals surface area contributed by atoms with Crippen LogP contribution >= 0.6 is 15.9 Å². The first-order chi connectivity index (χ1) is 13.0. The monoisotopic (exact) mass is 428 g/mol. The second-order valence-corrected chi connectivity index (χ2v) is 6.29. The van der Waals surface area contributed by atoms with E-state index in [1.807, 2.05) is 0 Å². The molecule has 0 bridgehead atoms. The van der Waals surface area contributed by atoms with Crippen molar-refractivity contribution >= 4 is 33.7 Å². The minimum atomic E-state index is -0.468. The molecule has 0 aliphatic rings. The first-order valence-electron chi connectivity index (χ1n) is 7.72. The smallest absolute Gasteiger partial charge is 0.266 e. The summed E-state index contributed by atoms with van der Waals surface area (Å²) >= 11 is 3.30. The number of nitrogens with zero attached hydrogens (tertiary/aromatic N) is 5. The van der Waals surface area contributed by atoms with Gasteiger partial charge in [0.2, 0.25) is 0 Å². The third kappa shape index (κ3) is 4.82. The fourth-order valence-electron chi connectivity index (χ4n) is 2.21. The van der Waals surface area contributed by atoms with Gasteiger partial charge in [-0.05, 0) is 27.6 Å². The number of nitro groups is 1. The minimum absolute atomic E-state index is 0.0203. The number of benzene rings is 1. The van der Waals surface area contributed by atoms with Crippen molar-refractivity contribution < 1.29 is 9.72 Å². The van der Waals surface area contributed by atoms with E-state index in [2.05, 4.69) is 36.5 Å². The van der Waals surface area contributed by atoms with Gasteiger partial charge in [-0.25, -0.2) is 5.43 Å². The Morgan fingerprint density at radius 1 is 1.33 bits per heavy atom. The number of pyridine rings is 1. The van der Waals surface area contributed by atoms with Crippen molar-refractivity contribution in [1.29, 1.82) is 0 Å². The molecule has 2 heterocycles. The van der Waals surface area contributed by atoms with Crippen molar-refractivity contribution in [1.82, 2.24) is 20.2 Å². The highest BCUT2D eigenvalue weighted by atomic mass is 79.9. The van der Waals surface area contributed by atoms with Gasteiger partial charge in [0.05, 0.1) is 22.2 Å². The Kier molecular flexibility index (Phi) is 5.67. The Labute approximate surface area is 162 Å². The lowest BCUT2D eigenvalue weighted by atomic mass is 10.2. The SMILES string of the molecule is O=C(N/N=C/c1cccnc1)c1nn(Cc2ccc([N+](=O)[O-])cc2)cc1Br. The quantitative estimate of drug-likeness (QED) is 0.368. The van der Waals surface area contributed by atoms with E-state index < -0.39 is 10.8 Å². The molecule has 3 rings (SSSR count). The molecule has 0 unspecified atom stereocenters. The van der Waals surface area contributed by atoms with Gasteiger partial charge in [0.25, 0.3) is 11.6 Å². The molecule has 2 aromatic heterocycles. The fourth-order valence-corrected chi connectivity index (χ4v) is 2.71. The van der Waals surface area contributed by atoms with Crippen molar-refractivity contribution in [3.8, 4) is 0 Å². The molecule has 10 heteroatoms. The molecule has 1 amide bonds. The van der Waals surface area contributed by atoms with E-state index in [1.54, 1.807) is 47.5 Å². The molecule has 0 aliphatic heterocycles. The Balaban J connectivity index is 1.65. The first-order valence-corrected chi connectivity index (χ1v) is 8.52. The number of non-ortho nitro benzene ring substituents is 1. The highest BCUT2D eigenvalue weighted by Crippen LogP contribution is 2.17. The van der Waals surface area contributed by atoms with Gasteiger partial charge >= 0.3 is 0 Å². The number of amides is 1. The predicted octanol–water partition coefficient (Wildman–Crippen LogP) is 2.76. The molecule has 0 saturated heterocycles. The summed E-state index contributed by atoms with van der Waals surface area (Å²) in [6.07, 6.45) is 6.39. The number of hydrogen-bond donors (Lipinski definition) is 1. The summed E-state index contributed by atoms with van der Waals surface area (Å²) in [4.78, 5) is 26.4. The normalized spacial score (nSPS) is 10.9. The lowest BCUT2D eigenvalue weighted by Gasteiger charge is -2.01. The largest absolute Gasteiger partial charge is 0.293 e. The van der Waals surface area contributed by atoms with Crippen molar-refractivity contribution in [3.05, 3.63) is 86.4 Å². The van der Waals surface area contributed by atoms with Crippen LogP contribution in [0.1, 0.15) is 21.6 Å². The number of nitrogens with one attached hydrogen (secondary N) is 1. The number of rotatable bonds is 6. The van der Waals surface area contributed by atoms with Crippen LogP contribution in [0.3, 0.4) is 0 Å². The molecular formula is C17H13BrN6O3. The van der Waals surface area contributed by atoms with Crippen molar-refractivity contribution in [2.24, 2.45) is 5.10 Å². The Morgan fingerprint density at radius 2 is 2.11 bits per heavy atom. The number of nitro benzene ring substituents is 1. The highest BCUT2D eigenvalue weighted by Gasteiger charge is 2.15. The number of halogens is 1. The van der Waals surface area contributed by atoms with Crippen LogP contribution in [0.2, 0.25) is 0 Å². The van der Waals surface area contributed by atoms with Crippen molar-refractivity contribution in [2.45, 2.75) is 6.54 Å². The molecule has 3 aromatic rings. The fraction of sp³-hybridized carbons (Fsp3) is 0.0588. The Bertz CT molecular complexity index is 986. The molecule has 9 nitrogen and oxygen atoms in total. The van der Waals surface area contributed by atoms with Crippen molar-refractivity contribution in [2.75, 3.05) is 0 Å². The number of hydrazone groups is 1. The molecule has 27 heavy (non-hydrogen) atoms. The molecular weight excluding hydrogens is 416 g/mol. The number of carbonyl (C=O) groups excluding carboxylic acids is 1. The summed E-state index contributed by atoms with van der Waals surface area (Å²) in [7, 11) is 0. The number of carbonyl (C=O) groups is 1. The first kappa shape index (κ1) is 18.4. The Hall–Kier alpha value is -3.40. The van der Waals surface area contributed by atoms with Crippen LogP contribution < -0.4 is 5.43 Å². The average Bonchev–Trinajstić information content (AvgIpc) is 3.03. The third-order valence-corrected chi connectivity index (χ3v) is 4.07. The van der Waals surface area contributed by atoms with E-state index in [0.29, 0.717) is 11.0 Å².